The molecule has 2 aromatic rings. The highest BCUT2D eigenvalue weighted by Crippen LogP contribution is 2.33. The van der Waals surface area contributed by atoms with Gasteiger partial charge in [0.05, 0.1) is 18.6 Å². The van der Waals surface area contributed by atoms with Crippen LogP contribution in [0.4, 0.5) is 0 Å². The van der Waals surface area contributed by atoms with E-state index in [-0.39, 0.29) is 6.54 Å². The summed E-state index contributed by atoms with van der Waals surface area (Å²) in [5.41, 5.74) is 5.49. The zero-order chi connectivity index (χ0) is 15.5. The first-order valence-corrected chi connectivity index (χ1v) is 8.28. The summed E-state index contributed by atoms with van der Waals surface area (Å²) in [6.45, 7) is 2.17. The van der Waals surface area contributed by atoms with Crippen LogP contribution in [0.3, 0.4) is 0 Å². The average Bonchev–Trinajstić information content (AvgIpc) is 2.48. The van der Waals surface area contributed by atoms with E-state index in [9.17, 15) is 8.42 Å². The monoisotopic (exact) mass is 306 g/mol. The fraction of sp³-hybridized carbons (Fsp3) is 0.250. The molecule has 0 aliphatic rings. The fourth-order valence-electron chi connectivity index (χ4n) is 2.30. The highest BCUT2D eigenvalue weighted by Gasteiger charge is 2.31. The Balaban J connectivity index is 2.52. The van der Waals surface area contributed by atoms with Crippen LogP contribution in [0.15, 0.2) is 53.4 Å². The lowest BCUT2D eigenvalue weighted by molar-refractivity contribution is -0.367. The van der Waals surface area contributed by atoms with Gasteiger partial charge >= 0.3 is 0 Å². The van der Waals surface area contributed by atoms with Crippen LogP contribution in [0.5, 0.6) is 5.75 Å². The smallest absolute Gasteiger partial charge is 0.191 e. The van der Waals surface area contributed by atoms with E-state index < -0.39 is 15.1 Å². The van der Waals surface area contributed by atoms with Gasteiger partial charge < -0.3 is 10.5 Å². The normalized spacial score (nSPS) is 12.9. The van der Waals surface area contributed by atoms with Gasteiger partial charge in [-0.15, -0.1) is 0 Å². The number of quaternary nitrogens is 1. The molecule has 0 saturated carbocycles. The van der Waals surface area contributed by atoms with Crippen molar-refractivity contribution in [1.82, 2.24) is 0 Å². The molecule has 0 aliphatic carbocycles. The molecular formula is C16H20NO3S+. The third-order valence-corrected chi connectivity index (χ3v) is 5.64. The van der Waals surface area contributed by atoms with Crippen molar-refractivity contribution in [3.8, 4) is 5.75 Å². The molecule has 0 fully saturated rings. The molecule has 2 aromatic carbocycles. The van der Waals surface area contributed by atoms with Gasteiger partial charge in [-0.2, -0.15) is 0 Å². The molecule has 3 N–H and O–H groups in total. The van der Waals surface area contributed by atoms with Crippen molar-refractivity contribution in [2.75, 3.05) is 13.7 Å². The Kier molecular flexibility index (Phi) is 4.65. The molecule has 0 bridgehead atoms. The summed E-state index contributed by atoms with van der Waals surface area (Å²) in [5.74, 6) is 0.571. The highest BCUT2D eigenvalue weighted by atomic mass is 32.2. The largest absolute Gasteiger partial charge is 0.496 e. The number of hydrogen-bond acceptors (Lipinski definition) is 3. The van der Waals surface area contributed by atoms with Gasteiger partial charge in [0.2, 0.25) is 0 Å². The van der Waals surface area contributed by atoms with Crippen LogP contribution in [-0.4, -0.2) is 22.1 Å². The van der Waals surface area contributed by atoms with E-state index in [1.807, 2.05) is 19.1 Å². The molecule has 0 aromatic heterocycles. The van der Waals surface area contributed by atoms with Gasteiger partial charge in [-0.25, -0.2) is 8.42 Å². The maximum absolute atomic E-state index is 12.8. The Bertz CT molecular complexity index is 709. The zero-order valence-electron chi connectivity index (χ0n) is 12.2. The fourth-order valence-corrected chi connectivity index (χ4v) is 3.99. The summed E-state index contributed by atoms with van der Waals surface area (Å²) in [4.78, 5) is 0.313. The van der Waals surface area contributed by atoms with Crippen LogP contribution in [0.2, 0.25) is 0 Å². The second-order valence-electron chi connectivity index (χ2n) is 4.88. The first-order valence-electron chi connectivity index (χ1n) is 6.73. The SMILES string of the molecule is COc1ccccc1[C@@H](C[NH3+])S(=O)(=O)c1ccc(C)cc1. The molecule has 0 heterocycles. The lowest BCUT2D eigenvalue weighted by Gasteiger charge is -2.17. The number of methoxy groups -OCH3 is 1. The number of aryl methyl sites for hydroxylation is 1. The van der Waals surface area contributed by atoms with Crippen LogP contribution in [0.25, 0.3) is 0 Å². The van der Waals surface area contributed by atoms with Gasteiger partial charge in [0.25, 0.3) is 0 Å². The van der Waals surface area contributed by atoms with Crippen LogP contribution in [0.1, 0.15) is 16.4 Å². The van der Waals surface area contributed by atoms with Gasteiger partial charge in [-0.3, -0.25) is 0 Å². The Morgan fingerprint density at radius 2 is 1.71 bits per heavy atom. The molecule has 5 heteroatoms. The number of ether oxygens (including phenoxy) is 1. The summed E-state index contributed by atoms with van der Waals surface area (Å²) < 4.78 is 31.0. The third kappa shape index (κ3) is 3.09. The van der Waals surface area contributed by atoms with Gasteiger partial charge in [0, 0.05) is 5.56 Å². The molecule has 2 rings (SSSR count). The molecule has 0 aliphatic heterocycles. The van der Waals surface area contributed by atoms with Crippen molar-refractivity contribution in [1.29, 1.82) is 0 Å². The standard InChI is InChI=1S/C16H19NO3S/c1-12-7-9-13(10-8-12)21(18,19)16(11-17)14-5-3-4-6-15(14)20-2/h3-10,16H,11,17H2,1-2H3/p+1/t16-/m1/s1. The topological polar surface area (TPSA) is 71.0 Å². The van der Waals surface area contributed by atoms with E-state index in [0.717, 1.165) is 5.56 Å². The van der Waals surface area contributed by atoms with Gasteiger partial charge in [0.1, 0.15) is 11.0 Å². The number of hydrogen-bond donors (Lipinski definition) is 1. The average molecular weight is 306 g/mol. The quantitative estimate of drug-likeness (QED) is 0.915. The molecule has 112 valence electrons. The molecule has 1 atom stereocenters. The maximum Gasteiger partial charge on any atom is 0.191 e. The Labute approximate surface area is 125 Å². The maximum atomic E-state index is 12.8. The number of rotatable bonds is 5. The molecule has 0 saturated heterocycles. The first kappa shape index (κ1) is 15.5. The Hall–Kier alpha value is -1.85. The van der Waals surface area contributed by atoms with Crippen molar-refractivity contribution in [2.24, 2.45) is 0 Å². The number of benzene rings is 2. The molecular weight excluding hydrogens is 286 g/mol. The van der Waals surface area contributed by atoms with Gasteiger partial charge in [-0.1, -0.05) is 35.9 Å². The lowest BCUT2D eigenvalue weighted by atomic mass is 10.1. The van der Waals surface area contributed by atoms with E-state index in [4.69, 9.17) is 4.74 Å². The van der Waals surface area contributed by atoms with E-state index in [2.05, 4.69) is 5.73 Å². The van der Waals surface area contributed by atoms with Crippen LogP contribution >= 0.6 is 0 Å². The molecule has 0 radical (unpaired) electrons. The highest BCUT2D eigenvalue weighted by molar-refractivity contribution is 7.91. The van der Waals surface area contributed by atoms with E-state index in [1.165, 1.54) is 7.11 Å². The minimum atomic E-state index is -3.50. The van der Waals surface area contributed by atoms with Gasteiger partial charge in [-0.05, 0) is 25.1 Å². The summed E-state index contributed by atoms with van der Waals surface area (Å²) in [7, 11) is -1.96. The van der Waals surface area contributed by atoms with E-state index in [0.29, 0.717) is 16.2 Å². The first-order chi connectivity index (χ1) is 10.0. The van der Waals surface area contributed by atoms with Crippen molar-refractivity contribution >= 4 is 9.84 Å². The summed E-state index contributed by atoms with van der Waals surface area (Å²) in [5, 5.41) is -0.712. The van der Waals surface area contributed by atoms with Crippen molar-refractivity contribution in [2.45, 2.75) is 17.1 Å². The minimum absolute atomic E-state index is 0.247. The lowest BCUT2D eigenvalue weighted by Crippen LogP contribution is -2.54. The predicted molar refractivity (Wildman–Crippen MR) is 81.9 cm³/mol. The van der Waals surface area contributed by atoms with Crippen LogP contribution in [-0.2, 0) is 9.84 Å². The third-order valence-electron chi connectivity index (χ3n) is 3.47. The van der Waals surface area contributed by atoms with Crippen molar-refractivity contribution < 1.29 is 18.9 Å². The van der Waals surface area contributed by atoms with E-state index in [1.54, 1.807) is 36.4 Å². The second-order valence-corrected chi connectivity index (χ2v) is 7.01. The van der Waals surface area contributed by atoms with Crippen LogP contribution in [0, 0.1) is 6.92 Å². The second kappa shape index (κ2) is 6.28. The Morgan fingerprint density at radius 1 is 1.10 bits per heavy atom. The molecule has 0 unspecified atom stereocenters. The van der Waals surface area contributed by atoms with Crippen molar-refractivity contribution in [3.05, 3.63) is 59.7 Å². The van der Waals surface area contributed by atoms with Gasteiger partial charge in [0.15, 0.2) is 9.84 Å². The molecule has 4 nitrogen and oxygen atoms in total. The summed E-state index contributed by atoms with van der Waals surface area (Å²) in [6, 6.07) is 14.1. The summed E-state index contributed by atoms with van der Waals surface area (Å²) in [6.07, 6.45) is 0. The minimum Gasteiger partial charge on any atom is -0.496 e. The number of para-hydroxylation sites is 1. The molecule has 0 spiro atoms. The summed E-state index contributed by atoms with van der Waals surface area (Å²) >= 11 is 0. The zero-order valence-corrected chi connectivity index (χ0v) is 13.1. The molecule has 21 heavy (non-hydrogen) atoms. The van der Waals surface area contributed by atoms with E-state index >= 15 is 0 Å². The van der Waals surface area contributed by atoms with Crippen LogP contribution < -0.4 is 10.5 Å². The molecule has 0 amide bonds. The predicted octanol–water partition coefficient (Wildman–Crippen LogP) is 1.76. The Morgan fingerprint density at radius 3 is 2.29 bits per heavy atom. The van der Waals surface area contributed by atoms with Crippen molar-refractivity contribution in [3.63, 3.8) is 0 Å². The number of sulfone groups is 1.